The highest BCUT2D eigenvalue weighted by atomic mass is 32.1. The van der Waals surface area contributed by atoms with Crippen molar-refractivity contribution in [2.45, 2.75) is 0 Å². The van der Waals surface area contributed by atoms with Crippen LogP contribution < -0.4 is 5.56 Å². The van der Waals surface area contributed by atoms with Crippen molar-refractivity contribution in [1.82, 2.24) is 4.98 Å². The number of H-pyrrole nitrogens is 1. The highest BCUT2D eigenvalue weighted by Gasteiger charge is 2.09. The molecule has 2 heterocycles. The van der Waals surface area contributed by atoms with Crippen LogP contribution in [0.5, 0.6) is 0 Å². The first-order chi connectivity index (χ1) is 7.70. The molecule has 16 heavy (non-hydrogen) atoms. The molecule has 1 N–H and O–H groups in total. The molecule has 0 saturated carbocycles. The third kappa shape index (κ3) is 2.04. The van der Waals surface area contributed by atoms with Crippen molar-refractivity contribution in [3.63, 3.8) is 0 Å². The van der Waals surface area contributed by atoms with E-state index in [2.05, 4.69) is 9.72 Å². The Morgan fingerprint density at radius 3 is 2.88 bits per heavy atom. The van der Waals surface area contributed by atoms with Gasteiger partial charge in [0.15, 0.2) is 0 Å². The van der Waals surface area contributed by atoms with Gasteiger partial charge in [0.2, 0.25) is 5.56 Å². The van der Waals surface area contributed by atoms with Crippen LogP contribution in [0.3, 0.4) is 0 Å². The Hall–Kier alpha value is -1.88. The van der Waals surface area contributed by atoms with E-state index in [0.29, 0.717) is 4.88 Å². The Kier molecular flexibility index (Phi) is 2.87. The summed E-state index contributed by atoms with van der Waals surface area (Å²) in [4.78, 5) is 25.4. The van der Waals surface area contributed by atoms with Gasteiger partial charge < -0.3 is 9.72 Å². The molecule has 0 fully saturated rings. The average Bonchev–Trinajstić information content (AvgIpc) is 2.77. The van der Waals surface area contributed by atoms with E-state index >= 15 is 0 Å². The van der Waals surface area contributed by atoms with Crippen LogP contribution in [-0.4, -0.2) is 18.1 Å². The van der Waals surface area contributed by atoms with E-state index in [-0.39, 0.29) is 11.5 Å². The zero-order valence-electron chi connectivity index (χ0n) is 8.52. The lowest BCUT2D eigenvalue weighted by Gasteiger charge is -1.95. The fourth-order valence-electron chi connectivity index (χ4n) is 1.32. The lowest BCUT2D eigenvalue weighted by atomic mass is 10.1. The smallest absolute Gasteiger partial charge is 0.348 e. The van der Waals surface area contributed by atoms with Crippen molar-refractivity contribution in [2.24, 2.45) is 0 Å². The second kappa shape index (κ2) is 4.32. The molecule has 0 aliphatic heterocycles. The van der Waals surface area contributed by atoms with Crippen LogP contribution in [0.2, 0.25) is 0 Å². The summed E-state index contributed by atoms with van der Waals surface area (Å²) in [5.74, 6) is -0.360. The Morgan fingerprint density at radius 1 is 1.38 bits per heavy atom. The van der Waals surface area contributed by atoms with Crippen LogP contribution >= 0.6 is 11.3 Å². The van der Waals surface area contributed by atoms with Gasteiger partial charge in [0, 0.05) is 12.3 Å². The van der Waals surface area contributed by atoms with Gasteiger partial charge >= 0.3 is 5.97 Å². The van der Waals surface area contributed by atoms with Gasteiger partial charge in [-0.3, -0.25) is 4.79 Å². The van der Waals surface area contributed by atoms with Crippen LogP contribution in [0.25, 0.3) is 11.1 Å². The van der Waals surface area contributed by atoms with Crippen LogP contribution in [0, 0.1) is 0 Å². The second-order valence-electron chi connectivity index (χ2n) is 3.13. The van der Waals surface area contributed by atoms with Crippen molar-refractivity contribution < 1.29 is 9.53 Å². The SMILES string of the molecule is COC(=O)c1cc(-c2cc[nH]c(=O)c2)cs1. The molecule has 0 spiro atoms. The quantitative estimate of drug-likeness (QED) is 0.808. The summed E-state index contributed by atoms with van der Waals surface area (Å²) in [7, 11) is 1.34. The van der Waals surface area contributed by atoms with Crippen molar-refractivity contribution in [3.8, 4) is 11.1 Å². The minimum Gasteiger partial charge on any atom is -0.465 e. The van der Waals surface area contributed by atoms with Gasteiger partial charge in [-0.1, -0.05) is 0 Å². The number of aromatic nitrogens is 1. The van der Waals surface area contributed by atoms with E-state index in [9.17, 15) is 9.59 Å². The van der Waals surface area contributed by atoms with E-state index in [0.717, 1.165) is 11.1 Å². The molecule has 0 unspecified atom stereocenters. The second-order valence-corrected chi connectivity index (χ2v) is 4.04. The van der Waals surface area contributed by atoms with Gasteiger partial charge in [0.25, 0.3) is 0 Å². The van der Waals surface area contributed by atoms with Crippen LogP contribution in [0.4, 0.5) is 0 Å². The molecule has 0 amide bonds. The van der Waals surface area contributed by atoms with Crippen molar-refractivity contribution in [1.29, 1.82) is 0 Å². The number of rotatable bonds is 2. The number of pyridine rings is 1. The van der Waals surface area contributed by atoms with Crippen LogP contribution in [-0.2, 0) is 4.74 Å². The molecule has 5 heteroatoms. The predicted octanol–water partition coefficient (Wildman–Crippen LogP) is 1.89. The Bertz CT molecular complexity index is 570. The zero-order chi connectivity index (χ0) is 11.5. The fraction of sp³-hybridized carbons (Fsp3) is 0.0909. The van der Waals surface area contributed by atoms with Gasteiger partial charge in [-0.05, 0) is 28.6 Å². The molecule has 0 saturated heterocycles. The number of methoxy groups -OCH3 is 1. The summed E-state index contributed by atoms with van der Waals surface area (Å²) in [5.41, 5.74) is 1.47. The first-order valence-corrected chi connectivity index (χ1v) is 5.44. The molecule has 2 rings (SSSR count). The summed E-state index contributed by atoms with van der Waals surface area (Å²) in [5, 5.41) is 1.82. The Balaban J connectivity index is 2.39. The summed E-state index contributed by atoms with van der Waals surface area (Å²) in [6.45, 7) is 0. The molecule has 0 aliphatic carbocycles. The number of carbonyl (C=O) groups is 1. The van der Waals surface area contributed by atoms with Gasteiger partial charge in [0.05, 0.1) is 7.11 Å². The van der Waals surface area contributed by atoms with Gasteiger partial charge in [-0.2, -0.15) is 0 Å². The fourth-order valence-corrected chi connectivity index (χ4v) is 2.15. The minimum absolute atomic E-state index is 0.164. The predicted molar refractivity (Wildman–Crippen MR) is 61.7 cm³/mol. The molecule has 2 aromatic rings. The van der Waals surface area contributed by atoms with E-state index in [1.165, 1.54) is 24.5 Å². The molecular weight excluding hydrogens is 226 g/mol. The normalized spacial score (nSPS) is 10.1. The molecule has 0 bridgehead atoms. The summed E-state index contributed by atoms with van der Waals surface area (Å²) < 4.78 is 4.61. The Morgan fingerprint density at radius 2 is 2.19 bits per heavy atom. The third-order valence-electron chi connectivity index (χ3n) is 2.09. The molecule has 4 nitrogen and oxygen atoms in total. The molecule has 0 radical (unpaired) electrons. The monoisotopic (exact) mass is 235 g/mol. The maximum atomic E-state index is 11.2. The molecule has 0 aromatic carbocycles. The first-order valence-electron chi connectivity index (χ1n) is 4.56. The highest BCUT2D eigenvalue weighted by Crippen LogP contribution is 2.24. The van der Waals surface area contributed by atoms with Crippen molar-refractivity contribution >= 4 is 17.3 Å². The van der Waals surface area contributed by atoms with Crippen LogP contribution in [0.15, 0.2) is 34.6 Å². The number of nitrogens with one attached hydrogen (secondary N) is 1. The van der Waals surface area contributed by atoms with Gasteiger partial charge in [-0.15, -0.1) is 11.3 Å². The Labute approximate surface area is 95.5 Å². The number of ether oxygens (including phenoxy) is 1. The molecule has 82 valence electrons. The van der Waals surface area contributed by atoms with Crippen molar-refractivity contribution in [2.75, 3.05) is 7.11 Å². The first kappa shape index (κ1) is 10.6. The topological polar surface area (TPSA) is 59.2 Å². The zero-order valence-corrected chi connectivity index (χ0v) is 9.34. The minimum atomic E-state index is -0.360. The van der Waals surface area contributed by atoms with Gasteiger partial charge in [0.1, 0.15) is 4.88 Å². The summed E-state index contributed by atoms with van der Waals surface area (Å²) in [6.07, 6.45) is 1.58. The van der Waals surface area contributed by atoms with E-state index in [1.54, 1.807) is 18.3 Å². The van der Waals surface area contributed by atoms with Crippen LogP contribution in [0.1, 0.15) is 9.67 Å². The molecule has 0 aliphatic rings. The molecular formula is C11H9NO3S. The lowest BCUT2D eigenvalue weighted by Crippen LogP contribution is -2.01. The standard InChI is InChI=1S/C11H9NO3S/c1-15-11(14)9-4-8(6-16-9)7-2-3-12-10(13)5-7/h2-6H,1H3,(H,12,13). The third-order valence-corrected chi connectivity index (χ3v) is 3.00. The molecule has 0 atom stereocenters. The number of hydrogen-bond acceptors (Lipinski definition) is 4. The summed E-state index contributed by atoms with van der Waals surface area (Å²) >= 11 is 1.30. The highest BCUT2D eigenvalue weighted by molar-refractivity contribution is 7.12. The maximum absolute atomic E-state index is 11.2. The van der Waals surface area contributed by atoms with Crippen molar-refractivity contribution in [3.05, 3.63) is 45.0 Å². The largest absolute Gasteiger partial charge is 0.465 e. The number of aromatic amines is 1. The number of hydrogen-bond donors (Lipinski definition) is 1. The number of thiophene rings is 1. The number of esters is 1. The van der Waals surface area contributed by atoms with Gasteiger partial charge in [-0.25, -0.2) is 4.79 Å². The van der Waals surface area contributed by atoms with E-state index in [4.69, 9.17) is 0 Å². The molecule has 2 aromatic heterocycles. The lowest BCUT2D eigenvalue weighted by molar-refractivity contribution is 0.0606. The summed E-state index contributed by atoms with van der Waals surface area (Å²) in [6, 6.07) is 4.99. The average molecular weight is 235 g/mol. The number of carbonyl (C=O) groups excluding carboxylic acids is 1. The maximum Gasteiger partial charge on any atom is 0.348 e. The van der Waals surface area contributed by atoms with E-state index in [1.807, 2.05) is 5.38 Å². The van der Waals surface area contributed by atoms with E-state index < -0.39 is 0 Å².